The standard InChI is InChI=1S/C12H20N2O3/c1-8(14-4-2-3-5-14)7-13-11(15)9-6-10(9)12(16)17/h8-10H,2-7H2,1H3,(H,13,15)(H,16,17). The first-order chi connectivity index (χ1) is 8.09. The van der Waals surface area contributed by atoms with Crippen LogP contribution in [0.3, 0.4) is 0 Å². The highest BCUT2D eigenvalue weighted by atomic mass is 16.4. The molecule has 0 aromatic carbocycles. The zero-order valence-electron chi connectivity index (χ0n) is 10.2. The van der Waals surface area contributed by atoms with Crippen molar-refractivity contribution >= 4 is 11.9 Å². The van der Waals surface area contributed by atoms with Crippen LogP contribution in [0.4, 0.5) is 0 Å². The van der Waals surface area contributed by atoms with E-state index in [-0.39, 0.29) is 11.8 Å². The lowest BCUT2D eigenvalue weighted by Crippen LogP contribution is -2.41. The Kier molecular flexibility index (Phi) is 3.66. The number of rotatable bonds is 5. The number of likely N-dealkylation sites (tertiary alicyclic amines) is 1. The second-order valence-corrected chi connectivity index (χ2v) is 5.12. The Labute approximate surface area is 101 Å². The van der Waals surface area contributed by atoms with Crippen LogP contribution in [0.25, 0.3) is 0 Å². The number of nitrogens with one attached hydrogen (secondary N) is 1. The van der Waals surface area contributed by atoms with E-state index in [1.807, 2.05) is 0 Å². The largest absolute Gasteiger partial charge is 0.481 e. The second kappa shape index (κ2) is 5.04. The molecule has 1 aliphatic heterocycles. The predicted molar refractivity (Wildman–Crippen MR) is 62.5 cm³/mol. The molecule has 2 rings (SSSR count). The van der Waals surface area contributed by atoms with Crippen LogP contribution in [0.1, 0.15) is 26.2 Å². The molecule has 1 saturated carbocycles. The molecule has 0 bridgehead atoms. The number of hydrogen-bond donors (Lipinski definition) is 2. The lowest BCUT2D eigenvalue weighted by molar-refractivity contribution is -0.140. The third kappa shape index (κ3) is 2.97. The van der Waals surface area contributed by atoms with Gasteiger partial charge in [0, 0.05) is 12.6 Å². The van der Waals surface area contributed by atoms with Crippen molar-refractivity contribution in [1.82, 2.24) is 10.2 Å². The fourth-order valence-electron chi connectivity index (χ4n) is 2.45. The molecule has 5 nitrogen and oxygen atoms in total. The molecule has 3 unspecified atom stereocenters. The fraction of sp³-hybridized carbons (Fsp3) is 0.833. The molecule has 1 heterocycles. The molecule has 0 aromatic rings. The molecule has 96 valence electrons. The molecule has 0 radical (unpaired) electrons. The highest BCUT2D eigenvalue weighted by molar-refractivity contribution is 5.89. The van der Waals surface area contributed by atoms with Crippen molar-refractivity contribution < 1.29 is 14.7 Å². The van der Waals surface area contributed by atoms with Gasteiger partial charge in [0.25, 0.3) is 0 Å². The van der Waals surface area contributed by atoms with Crippen molar-refractivity contribution in [3.8, 4) is 0 Å². The van der Waals surface area contributed by atoms with Gasteiger partial charge in [-0.05, 0) is 39.3 Å². The SMILES string of the molecule is CC(CNC(=O)C1CC1C(=O)O)N1CCCC1. The Balaban J connectivity index is 1.68. The Bertz CT molecular complexity index is 313. The number of hydrogen-bond acceptors (Lipinski definition) is 3. The highest BCUT2D eigenvalue weighted by Crippen LogP contribution is 2.38. The summed E-state index contributed by atoms with van der Waals surface area (Å²) in [5.41, 5.74) is 0. The number of carboxylic acids is 1. The van der Waals surface area contributed by atoms with Crippen LogP contribution in [0.5, 0.6) is 0 Å². The summed E-state index contributed by atoms with van der Waals surface area (Å²) in [5.74, 6) is -1.68. The van der Waals surface area contributed by atoms with Crippen LogP contribution in [0, 0.1) is 11.8 Å². The molecule has 2 N–H and O–H groups in total. The summed E-state index contributed by atoms with van der Waals surface area (Å²) in [4.78, 5) is 24.6. The van der Waals surface area contributed by atoms with Gasteiger partial charge < -0.3 is 10.4 Å². The van der Waals surface area contributed by atoms with Gasteiger partial charge in [0.05, 0.1) is 11.8 Å². The molecule has 0 spiro atoms. The number of aliphatic carboxylic acids is 1. The normalized spacial score (nSPS) is 29.9. The maximum atomic E-state index is 11.6. The smallest absolute Gasteiger partial charge is 0.307 e. The first-order valence-electron chi connectivity index (χ1n) is 6.34. The molecule has 5 heteroatoms. The lowest BCUT2D eigenvalue weighted by atomic mass is 10.2. The Hall–Kier alpha value is -1.10. The molecule has 2 fully saturated rings. The van der Waals surface area contributed by atoms with E-state index >= 15 is 0 Å². The summed E-state index contributed by atoms with van der Waals surface area (Å²) in [6.45, 7) is 4.95. The topological polar surface area (TPSA) is 69.6 Å². The second-order valence-electron chi connectivity index (χ2n) is 5.12. The van der Waals surface area contributed by atoms with Crippen molar-refractivity contribution in [2.75, 3.05) is 19.6 Å². The molecule has 3 atom stereocenters. The summed E-state index contributed by atoms with van der Waals surface area (Å²) in [5, 5.41) is 11.6. The highest BCUT2D eigenvalue weighted by Gasteiger charge is 2.48. The Morgan fingerprint density at radius 1 is 1.35 bits per heavy atom. The van der Waals surface area contributed by atoms with Gasteiger partial charge in [0.1, 0.15) is 0 Å². The minimum atomic E-state index is -0.849. The number of amides is 1. The first kappa shape index (κ1) is 12.4. The van der Waals surface area contributed by atoms with Crippen LogP contribution in [0.15, 0.2) is 0 Å². The molecule has 0 aromatic heterocycles. The fourth-order valence-corrected chi connectivity index (χ4v) is 2.45. The van der Waals surface area contributed by atoms with E-state index in [4.69, 9.17) is 5.11 Å². The van der Waals surface area contributed by atoms with Crippen molar-refractivity contribution in [2.24, 2.45) is 11.8 Å². The average Bonchev–Trinajstić information content (AvgIpc) is 2.93. The maximum absolute atomic E-state index is 11.6. The summed E-state index contributed by atoms with van der Waals surface area (Å²) in [6, 6.07) is 0.350. The monoisotopic (exact) mass is 240 g/mol. The van der Waals surface area contributed by atoms with Crippen molar-refractivity contribution in [3.63, 3.8) is 0 Å². The Morgan fingerprint density at radius 2 is 2.00 bits per heavy atom. The van der Waals surface area contributed by atoms with Gasteiger partial charge >= 0.3 is 5.97 Å². The predicted octanol–water partition coefficient (Wildman–Crippen LogP) is 0.308. The summed E-state index contributed by atoms with van der Waals surface area (Å²) >= 11 is 0. The number of carbonyl (C=O) groups is 2. The van der Waals surface area contributed by atoms with E-state index in [9.17, 15) is 9.59 Å². The van der Waals surface area contributed by atoms with Gasteiger partial charge in [-0.2, -0.15) is 0 Å². The lowest BCUT2D eigenvalue weighted by Gasteiger charge is -2.23. The number of carbonyl (C=O) groups excluding carboxylic acids is 1. The molecule has 2 aliphatic rings. The minimum Gasteiger partial charge on any atom is -0.481 e. The molecular weight excluding hydrogens is 220 g/mol. The van der Waals surface area contributed by atoms with E-state index in [0.717, 1.165) is 13.1 Å². The molecule has 1 saturated heterocycles. The van der Waals surface area contributed by atoms with E-state index in [1.54, 1.807) is 0 Å². The van der Waals surface area contributed by atoms with Gasteiger partial charge in [-0.1, -0.05) is 0 Å². The van der Waals surface area contributed by atoms with E-state index in [1.165, 1.54) is 12.8 Å². The zero-order chi connectivity index (χ0) is 12.4. The third-order valence-corrected chi connectivity index (χ3v) is 3.78. The Morgan fingerprint density at radius 3 is 2.53 bits per heavy atom. The third-order valence-electron chi connectivity index (χ3n) is 3.78. The number of carboxylic acid groups (broad SMARTS) is 1. The van der Waals surface area contributed by atoms with Gasteiger partial charge in [0.15, 0.2) is 0 Å². The van der Waals surface area contributed by atoms with Gasteiger partial charge in [0.2, 0.25) is 5.91 Å². The first-order valence-corrected chi connectivity index (χ1v) is 6.34. The van der Waals surface area contributed by atoms with Crippen LogP contribution in [-0.2, 0) is 9.59 Å². The van der Waals surface area contributed by atoms with Gasteiger partial charge in [-0.15, -0.1) is 0 Å². The number of nitrogens with zero attached hydrogens (tertiary/aromatic N) is 1. The maximum Gasteiger partial charge on any atom is 0.307 e. The minimum absolute atomic E-state index is 0.0940. The van der Waals surface area contributed by atoms with Crippen LogP contribution < -0.4 is 5.32 Å². The van der Waals surface area contributed by atoms with E-state index < -0.39 is 11.9 Å². The molecular formula is C12H20N2O3. The van der Waals surface area contributed by atoms with Crippen molar-refractivity contribution in [2.45, 2.75) is 32.2 Å². The summed E-state index contributed by atoms with van der Waals surface area (Å²) in [6.07, 6.45) is 2.98. The zero-order valence-corrected chi connectivity index (χ0v) is 10.2. The quantitative estimate of drug-likeness (QED) is 0.725. The summed E-state index contributed by atoms with van der Waals surface area (Å²) in [7, 11) is 0. The van der Waals surface area contributed by atoms with Crippen LogP contribution in [-0.4, -0.2) is 47.6 Å². The average molecular weight is 240 g/mol. The van der Waals surface area contributed by atoms with E-state index in [0.29, 0.717) is 19.0 Å². The van der Waals surface area contributed by atoms with Crippen LogP contribution >= 0.6 is 0 Å². The van der Waals surface area contributed by atoms with Crippen molar-refractivity contribution in [1.29, 1.82) is 0 Å². The summed E-state index contributed by atoms with van der Waals surface area (Å²) < 4.78 is 0. The molecule has 1 amide bonds. The van der Waals surface area contributed by atoms with Gasteiger partial charge in [-0.3, -0.25) is 14.5 Å². The molecule has 1 aliphatic carbocycles. The molecule has 17 heavy (non-hydrogen) atoms. The van der Waals surface area contributed by atoms with E-state index in [2.05, 4.69) is 17.1 Å². The van der Waals surface area contributed by atoms with Crippen molar-refractivity contribution in [3.05, 3.63) is 0 Å². The van der Waals surface area contributed by atoms with Gasteiger partial charge in [-0.25, -0.2) is 0 Å². The van der Waals surface area contributed by atoms with Crippen LogP contribution in [0.2, 0.25) is 0 Å².